The highest BCUT2D eigenvalue weighted by Gasteiger charge is 2.06. The van der Waals surface area contributed by atoms with Crippen molar-refractivity contribution in [3.05, 3.63) is 48.3 Å². The van der Waals surface area contributed by atoms with Crippen molar-refractivity contribution in [2.75, 3.05) is 20.1 Å². The zero-order valence-electron chi connectivity index (χ0n) is 14.8. The predicted octanol–water partition coefficient (Wildman–Crippen LogP) is 3.69. The van der Waals surface area contributed by atoms with Crippen LogP contribution in [0.5, 0.6) is 0 Å². The monoisotopic (exact) mass is 441 g/mol. The molecule has 0 atom stereocenters. The van der Waals surface area contributed by atoms with E-state index in [1.165, 1.54) is 12.8 Å². The number of nitrogens with one attached hydrogen (secondary N) is 1. The lowest BCUT2D eigenvalue weighted by Crippen LogP contribution is -2.39. The molecule has 0 spiro atoms. The van der Waals surface area contributed by atoms with Crippen LogP contribution >= 0.6 is 24.0 Å². The number of aromatic nitrogens is 2. The summed E-state index contributed by atoms with van der Waals surface area (Å²) < 4.78 is 1.89. The second-order valence-corrected chi connectivity index (χ2v) is 5.53. The summed E-state index contributed by atoms with van der Waals surface area (Å²) in [6.45, 7) is 6.76. The van der Waals surface area contributed by atoms with Gasteiger partial charge in [-0.15, -0.1) is 24.0 Å². The number of benzene rings is 1. The van der Waals surface area contributed by atoms with Gasteiger partial charge in [0.15, 0.2) is 5.96 Å². The summed E-state index contributed by atoms with van der Waals surface area (Å²) >= 11 is 0. The van der Waals surface area contributed by atoms with Crippen molar-refractivity contribution in [2.45, 2.75) is 33.2 Å². The van der Waals surface area contributed by atoms with E-state index >= 15 is 0 Å². The Balaban J connectivity index is 0.00000288. The summed E-state index contributed by atoms with van der Waals surface area (Å²) in [6.07, 6.45) is 4.34. The summed E-state index contributed by atoms with van der Waals surface area (Å²) in [4.78, 5) is 6.88. The largest absolute Gasteiger partial charge is 0.357 e. The number of unbranched alkanes of at least 4 members (excludes halogenated alkanes) is 1. The molecule has 1 heterocycles. The molecule has 6 heteroatoms. The molecule has 24 heavy (non-hydrogen) atoms. The lowest BCUT2D eigenvalue weighted by Gasteiger charge is -2.21. The number of aliphatic imine (C=N–C) groups is 1. The van der Waals surface area contributed by atoms with Gasteiger partial charge >= 0.3 is 0 Å². The molecule has 2 rings (SSSR count). The summed E-state index contributed by atoms with van der Waals surface area (Å²) in [7, 11) is 2.08. The molecule has 0 saturated carbocycles. The van der Waals surface area contributed by atoms with E-state index in [0.29, 0.717) is 6.54 Å². The van der Waals surface area contributed by atoms with E-state index in [9.17, 15) is 0 Å². The minimum absolute atomic E-state index is 0. The topological polar surface area (TPSA) is 45.5 Å². The number of para-hydroxylation sites is 1. The third-order valence-electron chi connectivity index (χ3n) is 3.60. The molecular formula is C18H28IN5. The number of rotatable bonds is 7. The second-order valence-electron chi connectivity index (χ2n) is 5.53. The molecule has 0 saturated heterocycles. The maximum absolute atomic E-state index is 4.70. The third kappa shape index (κ3) is 6.14. The lowest BCUT2D eigenvalue weighted by molar-refractivity contribution is 0.464. The number of hydrogen-bond acceptors (Lipinski definition) is 2. The fourth-order valence-corrected chi connectivity index (χ4v) is 2.30. The predicted molar refractivity (Wildman–Crippen MR) is 111 cm³/mol. The summed E-state index contributed by atoms with van der Waals surface area (Å²) in [5.74, 6) is 0.940. The van der Waals surface area contributed by atoms with E-state index in [1.807, 2.05) is 47.3 Å². The van der Waals surface area contributed by atoms with Gasteiger partial charge in [0, 0.05) is 26.3 Å². The first kappa shape index (κ1) is 20.5. The van der Waals surface area contributed by atoms with E-state index < -0.39 is 0 Å². The molecule has 1 N–H and O–H groups in total. The Labute approximate surface area is 162 Å². The van der Waals surface area contributed by atoms with Crippen molar-refractivity contribution >= 4 is 29.9 Å². The SMILES string of the molecule is CCCCN(C)C(=NCc1ccn(-c2ccccc2)n1)NCC.I. The Morgan fingerprint density at radius 3 is 2.62 bits per heavy atom. The molecule has 0 aliphatic carbocycles. The van der Waals surface area contributed by atoms with Gasteiger partial charge in [0.2, 0.25) is 0 Å². The van der Waals surface area contributed by atoms with E-state index in [0.717, 1.165) is 30.4 Å². The maximum Gasteiger partial charge on any atom is 0.194 e. The van der Waals surface area contributed by atoms with Gasteiger partial charge in [0.05, 0.1) is 17.9 Å². The van der Waals surface area contributed by atoms with Crippen LogP contribution in [0.15, 0.2) is 47.6 Å². The summed E-state index contributed by atoms with van der Waals surface area (Å²) in [5, 5.41) is 7.94. The van der Waals surface area contributed by atoms with Crippen molar-refractivity contribution in [3.8, 4) is 5.69 Å². The minimum atomic E-state index is 0. The van der Waals surface area contributed by atoms with Gasteiger partial charge in [0.1, 0.15) is 0 Å². The van der Waals surface area contributed by atoms with E-state index in [1.54, 1.807) is 0 Å². The van der Waals surface area contributed by atoms with Crippen molar-refractivity contribution in [2.24, 2.45) is 4.99 Å². The fourth-order valence-electron chi connectivity index (χ4n) is 2.30. The van der Waals surface area contributed by atoms with E-state index in [2.05, 4.69) is 36.2 Å². The average molecular weight is 441 g/mol. The normalized spacial score (nSPS) is 11.0. The van der Waals surface area contributed by atoms with Gasteiger partial charge in [-0.25, -0.2) is 9.67 Å². The van der Waals surface area contributed by atoms with Crippen LogP contribution in [0, 0.1) is 0 Å². The first-order chi connectivity index (χ1) is 11.2. The van der Waals surface area contributed by atoms with Crippen LogP contribution in [0.4, 0.5) is 0 Å². The number of halogens is 1. The van der Waals surface area contributed by atoms with Crippen LogP contribution in [0.2, 0.25) is 0 Å². The van der Waals surface area contributed by atoms with E-state index in [4.69, 9.17) is 4.99 Å². The van der Waals surface area contributed by atoms with Crippen LogP contribution in [0.25, 0.3) is 5.69 Å². The van der Waals surface area contributed by atoms with Gasteiger partial charge in [-0.05, 0) is 31.5 Å². The molecule has 2 aromatic rings. The maximum atomic E-state index is 4.70. The number of guanidine groups is 1. The molecule has 0 amide bonds. The highest BCUT2D eigenvalue weighted by molar-refractivity contribution is 14.0. The van der Waals surface area contributed by atoms with Crippen LogP contribution in [-0.2, 0) is 6.54 Å². The van der Waals surface area contributed by atoms with Gasteiger partial charge in [-0.1, -0.05) is 31.5 Å². The molecule has 0 radical (unpaired) electrons. The minimum Gasteiger partial charge on any atom is -0.357 e. The molecule has 0 unspecified atom stereocenters. The molecule has 0 fully saturated rings. The lowest BCUT2D eigenvalue weighted by atomic mass is 10.3. The summed E-state index contributed by atoms with van der Waals surface area (Å²) in [5.41, 5.74) is 2.03. The smallest absolute Gasteiger partial charge is 0.194 e. The van der Waals surface area contributed by atoms with Gasteiger partial charge in [0.25, 0.3) is 0 Å². The Morgan fingerprint density at radius 2 is 1.96 bits per heavy atom. The zero-order chi connectivity index (χ0) is 16.5. The van der Waals surface area contributed by atoms with Crippen molar-refractivity contribution < 1.29 is 0 Å². The molecular weight excluding hydrogens is 413 g/mol. The highest BCUT2D eigenvalue weighted by Crippen LogP contribution is 2.07. The molecule has 1 aromatic carbocycles. The fraction of sp³-hybridized carbons (Fsp3) is 0.444. The van der Waals surface area contributed by atoms with Crippen LogP contribution in [0.3, 0.4) is 0 Å². The zero-order valence-corrected chi connectivity index (χ0v) is 17.1. The average Bonchev–Trinajstić information content (AvgIpc) is 3.06. The Kier molecular flexibility index (Phi) is 9.44. The van der Waals surface area contributed by atoms with Crippen molar-refractivity contribution in [1.82, 2.24) is 20.0 Å². The van der Waals surface area contributed by atoms with Crippen molar-refractivity contribution in [1.29, 1.82) is 0 Å². The molecule has 0 aliphatic rings. The second kappa shape index (κ2) is 11.1. The molecule has 132 valence electrons. The number of nitrogens with zero attached hydrogens (tertiary/aromatic N) is 4. The van der Waals surface area contributed by atoms with Gasteiger partial charge in [-0.2, -0.15) is 5.10 Å². The van der Waals surface area contributed by atoms with E-state index in [-0.39, 0.29) is 24.0 Å². The standard InChI is InChI=1S/C18H27N5.HI/c1-4-6-13-22(3)18(19-5-2)20-15-16-12-14-23(21-16)17-10-8-7-9-11-17;/h7-12,14H,4-6,13,15H2,1-3H3,(H,19,20);1H. The van der Waals surface area contributed by atoms with Crippen LogP contribution < -0.4 is 5.32 Å². The van der Waals surface area contributed by atoms with Crippen LogP contribution in [0.1, 0.15) is 32.4 Å². The Morgan fingerprint density at radius 1 is 1.21 bits per heavy atom. The Bertz CT molecular complexity index is 609. The third-order valence-corrected chi connectivity index (χ3v) is 3.60. The molecule has 0 aliphatic heterocycles. The summed E-state index contributed by atoms with van der Waals surface area (Å²) in [6, 6.07) is 12.1. The van der Waals surface area contributed by atoms with Crippen LogP contribution in [-0.4, -0.2) is 40.8 Å². The first-order valence-corrected chi connectivity index (χ1v) is 8.34. The molecule has 0 bridgehead atoms. The first-order valence-electron chi connectivity index (χ1n) is 8.34. The highest BCUT2D eigenvalue weighted by atomic mass is 127. The van der Waals surface area contributed by atoms with Crippen molar-refractivity contribution in [3.63, 3.8) is 0 Å². The molecule has 1 aromatic heterocycles. The van der Waals surface area contributed by atoms with Gasteiger partial charge < -0.3 is 10.2 Å². The van der Waals surface area contributed by atoms with Gasteiger partial charge in [-0.3, -0.25) is 0 Å². The quantitative estimate of drug-likeness (QED) is 0.405. The molecule has 5 nitrogen and oxygen atoms in total. The number of hydrogen-bond donors (Lipinski definition) is 1. The Hall–Kier alpha value is -1.57.